The quantitative estimate of drug-likeness (QED) is 0.837. The molecule has 2 atom stereocenters. The first-order chi connectivity index (χ1) is 7.84. The van der Waals surface area contributed by atoms with E-state index in [0.717, 1.165) is 19.3 Å². The molecule has 2 aromatic heterocycles. The van der Waals surface area contributed by atoms with Crippen molar-refractivity contribution in [3.8, 4) is 11.6 Å². The molecule has 0 saturated heterocycles. The zero-order valence-corrected chi connectivity index (χ0v) is 8.67. The number of hydrogen-bond donors (Lipinski definition) is 1. The fourth-order valence-electron chi connectivity index (χ4n) is 2.12. The summed E-state index contributed by atoms with van der Waals surface area (Å²) < 4.78 is 10.3. The summed E-state index contributed by atoms with van der Waals surface area (Å²) >= 11 is 0. The average molecular weight is 220 g/mol. The van der Waals surface area contributed by atoms with Crippen LogP contribution in [0.2, 0.25) is 0 Å². The molecule has 1 aliphatic rings. The maximum Gasteiger partial charge on any atom is 0.238 e. The summed E-state index contributed by atoms with van der Waals surface area (Å²) in [7, 11) is 0. The molecule has 5 nitrogen and oxygen atoms in total. The van der Waals surface area contributed by atoms with Crippen molar-refractivity contribution in [3.05, 3.63) is 24.3 Å². The van der Waals surface area contributed by atoms with E-state index in [9.17, 15) is 5.11 Å². The zero-order chi connectivity index (χ0) is 11.0. The van der Waals surface area contributed by atoms with Gasteiger partial charge in [0.1, 0.15) is 0 Å². The van der Waals surface area contributed by atoms with Gasteiger partial charge in [-0.15, -0.1) is 0 Å². The van der Waals surface area contributed by atoms with Gasteiger partial charge in [0.2, 0.25) is 11.7 Å². The van der Waals surface area contributed by atoms with Gasteiger partial charge >= 0.3 is 0 Å². The Bertz CT molecular complexity index is 463. The van der Waals surface area contributed by atoms with Crippen LogP contribution in [0.4, 0.5) is 0 Å². The topological polar surface area (TPSA) is 72.3 Å². The lowest BCUT2D eigenvalue weighted by atomic mass is 10.1. The minimum absolute atomic E-state index is 0.0174. The molecule has 5 heteroatoms. The van der Waals surface area contributed by atoms with Crippen LogP contribution in [0.15, 0.2) is 27.3 Å². The Morgan fingerprint density at radius 2 is 2.31 bits per heavy atom. The summed E-state index contributed by atoms with van der Waals surface area (Å²) in [6.45, 7) is 0. The first-order valence-corrected chi connectivity index (χ1v) is 5.40. The molecule has 0 radical (unpaired) electrons. The molecule has 1 fully saturated rings. The summed E-state index contributed by atoms with van der Waals surface area (Å²) in [5.74, 6) is 1.52. The van der Waals surface area contributed by atoms with E-state index in [1.165, 1.54) is 0 Å². The standard InChI is InChI=1S/C11H12N2O3/c14-8-4-1-3-7(8)11-12-10(13-16-11)9-5-2-6-15-9/h2,5-8,14H,1,3-4H2. The van der Waals surface area contributed by atoms with Gasteiger partial charge in [0.15, 0.2) is 5.76 Å². The minimum Gasteiger partial charge on any atom is -0.461 e. The molecule has 3 rings (SSSR count). The predicted octanol–water partition coefficient (Wildman–Crippen LogP) is 1.96. The second kappa shape index (κ2) is 3.75. The van der Waals surface area contributed by atoms with Gasteiger partial charge in [0, 0.05) is 0 Å². The Balaban J connectivity index is 1.88. The number of aliphatic hydroxyl groups excluding tert-OH is 1. The van der Waals surface area contributed by atoms with E-state index >= 15 is 0 Å². The molecule has 0 spiro atoms. The van der Waals surface area contributed by atoms with Gasteiger partial charge in [-0.05, 0) is 31.4 Å². The van der Waals surface area contributed by atoms with Gasteiger partial charge < -0.3 is 14.0 Å². The van der Waals surface area contributed by atoms with Crippen LogP contribution in [0.3, 0.4) is 0 Å². The summed E-state index contributed by atoms with van der Waals surface area (Å²) in [5, 5.41) is 13.6. The highest BCUT2D eigenvalue weighted by atomic mass is 16.5. The van der Waals surface area contributed by atoms with Crippen molar-refractivity contribution in [2.45, 2.75) is 31.3 Å². The predicted molar refractivity (Wildman–Crippen MR) is 54.6 cm³/mol. The van der Waals surface area contributed by atoms with Crippen molar-refractivity contribution >= 4 is 0 Å². The van der Waals surface area contributed by atoms with Crippen molar-refractivity contribution in [3.63, 3.8) is 0 Å². The zero-order valence-electron chi connectivity index (χ0n) is 8.67. The molecule has 2 heterocycles. The van der Waals surface area contributed by atoms with E-state index in [0.29, 0.717) is 17.5 Å². The first-order valence-electron chi connectivity index (χ1n) is 5.40. The van der Waals surface area contributed by atoms with Gasteiger partial charge in [-0.3, -0.25) is 0 Å². The van der Waals surface area contributed by atoms with Crippen LogP contribution in [0.25, 0.3) is 11.6 Å². The lowest BCUT2D eigenvalue weighted by Gasteiger charge is -2.07. The number of nitrogens with zero attached hydrogens (tertiary/aromatic N) is 2. The van der Waals surface area contributed by atoms with Crippen LogP contribution < -0.4 is 0 Å². The number of rotatable bonds is 2. The molecule has 1 N–H and O–H groups in total. The Labute approximate surface area is 92.1 Å². The van der Waals surface area contributed by atoms with Gasteiger partial charge in [-0.1, -0.05) is 5.16 Å². The van der Waals surface area contributed by atoms with E-state index in [1.54, 1.807) is 18.4 Å². The lowest BCUT2D eigenvalue weighted by Crippen LogP contribution is -2.11. The Morgan fingerprint density at radius 3 is 3.00 bits per heavy atom. The van der Waals surface area contributed by atoms with Crippen molar-refractivity contribution in [1.29, 1.82) is 0 Å². The maximum atomic E-state index is 9.73. The Morgan fingerprint density at radius 1 is 1.38 bits per heavy atom. The fourth-order valence-corrected chi connectivity index (χ4v) is 2.12. The Kier molecular flexibility index (Phi) is 2.25. The smallest absolute Gasteiger partial charge is 0.238 e. The van der Waals surface area contributed by atoms with Gasteiger partial charge in [-0.25, -0.2) is 0 Å². The van der Waals surface area contributed by atoms with E-state index in [2.05, 4.69) is 10.1 Å². The van der Waals surface area contributed by atoms with Crippen LogP contribution in [0.5, 0.6) is 0 Å². The minimum atomic E-state index is -0.357. The van der Waals surface area contributed by atoms with Crippen molar-refractivity contribution in [2.75, 3.05) is 0 Å². The van der Waals surface area contributed by atoms with Crippen molar-refractivity contribution in [1.82, 2.24) is 10.1 Å². The third-order valence-corrected chi connectivity index (χ3v) is 2.98. The molecule has 84 valence electrons. The van der Waals surface area contributed by atoms with Gasteiger partial charge in [0.25, 0.3) is 0 Å². The maximum absolute atomic E-state index is 9.73. The summed E-state index contributed by atoms with van der Waals surface area (Å²) in [5.41, 5.74) is 0. The number of furan rings is 1. The second-order valence-electron chi connectivity index (χ2n) is 4.04. The molecular formula is C11H12N2O3. The molecule has 16 heavy (non-hydrogen) atoms. The molecule has 0 aliphatic heterocycles. The van der Waals surface area contributed by atoms with Crippen LogP contribution in [-0.4, -0.2) is 21.4 Å². The van der Waals surface area contributed by atoms with E-state index in [-0.39, 0.29) is 12.0 Å². The molecule has 1 saturated carbocycles. The molecular weight excluding hydrogens is 208 g/mol. The first kappa shape index (κ1) is 9.59. The highest BCUT2D eigenvalue weighted by Gasteiger charge is 2.31. The van der Waals surface area contributed by atoms with E-state index < -0.39 is 0 Å². The summed E-state index contributed by atoms with van der Waals surface area (Å²) in [4.78, 5) is 4.25. The number of aliphatic hydroxyl groups is 1. The fraction of sp³-hybridized carbons (Fsp3) is 0.455. The summed E-state index contributed by atoms with van der Waals surface area (Å²) in [6, 6.07) is 3.55. The molecule has 1 aliphatic carbocycles. The third kappa shape index (κ3) is 1.53. The molecule has 0 aromatic carbocycles. The highest BCUT2D eigenvalue weighted by molar-refractivity contribution is 5.44. The summed E-state index contributed by atoms with van der Waals surface area (Å²) in [6.07, 6.45) is 3.93. The van der Waals surface area contributed by atoms with Crippen molar-refractivity contribution in [2.24, 2.45) is 0 Å². The molecule has 2 unspecified atom stereocenters. The van der Waals surface area contributed by atoms with Crippen LogP contribution in [-0.2, 0) is 0 Å². The second-order valence-corrected chi connectivity index (χ2v) is 4.04. The average Bonchev–Trinajstić information content (AvgIpc) is 2.96. The molecule has 0 bridgehead atoms. The number of aromatic nitrogens is 2. The lowest BCUT2D eigenvalue weighted by molar-refractivity contribution is 0.148. The van der Waals surface area contributed by atoms with E-state index in [1.807, 2.05) is 0 Å². The van der Waals surface area contributed by atoms with Crippen LogP contribution in [0, 0.1) is 0 Å². The van der Waals surface area contributed by atoms with Crippen molar-refractivity contribution < 1.29 is 14.0 Å². The van der Waals surface area contributed by atoms with Crippen LogP contribution in [0.1, 0.15) is 31.1 Å². The molecule has 2 aromatic rings. The van der Waals surface area contributed by atoms with E-state index in [4.69, 9.17) is 8.94 Å². The van der Waals surface area contributed by atoms with Gasteiger partial charge in [0.05, 0.1) is 18.3 Å². The van der Waals surface area contributed by atoms with Crippen LogP contribution >= 0.6 is 0 Å². The SMILES string of the molecule is OC1CCCC1c1nc(-c2ccco2)no1. The molecule has 0 amide bonds. The monoisotopic (exact) mass is 220 g/mol. The normalized spacial score (nSPS) is 25.1. The highest BCUT2D eigenvalue weighted by Crippen LogP contribution is 2.34. The van der Waals surface area contributed by atoms with Gasteiger partial charge in [-0.2, -0.15) is 4.98 Å². The Hall–Kier alpha value is -1.62. The number of hydrogen-bond acceptors (Lipinski definition) is 5. The largest absolute Gasteiger partial charge is 0.461 e. The third-order valence-electron chi connectivity index (χ3n) is 2.98.